The van der Waals surface area contributed by atoms with E-state index in [-0.39, 0.29) is 17.4 Å². The fraction of sp³-hybridized carbons (Fsp3) is 0.200. The van der Waals surface area contributed by atoms with Crippen LogP contribution in [0.2, 0.25) is 0 Å². The fourth-order valence-corrected chi connectivity index (χ4v) is 2.16. The number of fused-ring (bicyclic) bond motifs is 1. The smallest absolute Gasteiger partial charge is 0.419 e. The van der Waals surface area contributed by atoms with Crippen LogP contribution in [-0.2, 0) is 6.54 Å². The number of aryl methyl sites for hydroxylation is 1. The first-order valence-corrected chi connectivity index (χ1v) is 6.66. The van der Waals surface area contributed by atoms with Gasteiger partial charge in [0.15, 0.2) is 11.3 Å². The van der Waals surface area contributed by atoms with E-state index in [1.54, 1.807) is 22.8 Å². The van der Waals surface area contributed by atoms with Gasteiger partial charge in [0.05, 0.1) is 11.8 Å². The topological polar surface area (TPSA) is 77.4 Å². The predicted molar refractivity (Wildman–Crippen MR) is 76.1 cm³/mol. The molecule has 1 amide bonds. The number of nitrogens with one attached hydrogen (secondary N) is 1. The molecule has 1 aromatic carbocycles. The summed E-state index contributed by atoms with van der Waals surface area (Å²) in [5, 5.41) is 2.74. The lowest BCUT2D eigenvalue weighted by atomic mass is 10.3. The summed E-state index contributed by atoms with van der Waals surface area (Å²) >= 11 is 0. The number of carbonyl (C=O) groups excluding carboxylic acids is 1. The lowest BCUT2D eigenvalue weighted by Crippen LogP contribution is -2.25. The molecule has 6 nitrogen and oxygen atoms in total. The quantitative estimate of drug-likeness (QED) is 0.728. The molecule has 0 spiro atoms. The van der Waals surface area contributed by atoms with Gasteiger partial charge in [-0.2, -0.15) is 0 Å². The van der Waals surface area contributed by atoms with Crippen LogP contribution in [0.1, 0.15) is 17.0 Å². The van der Waals surface area contributed by atoms with Crippen molar-refractivity contribution in [1.82, 2.24) is 9.88 Å². The Balaban J connectivity index is 1.59. The highest BCUT2D eigenvalue weighted by molar-refractivity contribution is 5.91. The van der Waals surface area contributed by atoms with Crippen LogP contribution in [0.5, 0.6) is 0 Å². The van der Waals surface area contributed by atoms with E-state index in [1.165, 1.54) is 6.26 Å². The van der Waals surface area contributed by atoms with Gasteiger partial charge in [-0.15, -0.1) is 0 Å². The Morgan fingerprint density at radius 2 is 2.05 bits per heavy atom. The van der Waals surface area contributed by atoms with Gasteiger partial charge in [-0.1, -0.05) is 12.1 Å². The van der Waals surface area contributed by atoms with Crippen LogP contribution < -0.4 is 11.1 Å². The van der Waals surface area contributed by atoms with Crippen LogP contribution in [0, 0.1) is 0 Å². The van der Waals surface area contributed by atoms with Crippen LogP contribution in [0.15, 0.2) is 56.3 Å². The van der Waals surface area contributed by atoms with Crippen molar-refractivity contribution in [3.05, 3.63) is 59.0 Å². The van der Waals surface area contributed by atoms with Crippen LogP contribution in [0.25, 0.3) is 11.1 Å². The molecule has 2 heterocycles. The number of aromatic nitrogens is 1. The zero-order valence-corrected chi connectivity index (χ0v) is 11.2. The summed E-state index contributed by atoms with van der Waals surface area (Å²) in [4.78, 5) is 23.4. The molecule has 108 valence electrons. The summed E-state index contributed by atoms with van der Waals surface area (Å²) in [6.45, 7) is 0.930. The van der Waals surface area contributed by atoms with Crippen LogP contribution >= 0.6 is 0 Å². The van der Waals surface area contributed by atoms with Gasteiger partial charge in [0.2, 0.25) is 0 Å². The number of para-hydroxylation sites is 2. The van der Waals surface area contributed by atoms with E-state index in [9.17, 15) is 9.59 Å². The number of hydrogen-bond donors (Lipinski definition) is 1. The first-order chi connectivity index (χ1) is 10.3. The molecule has 0 saturated heterocycles. The normalized spacial score (nSPS) is 10.9. The van der Waals surface area contributed by atoms with E-state index in [4.69, 9.17) is 8.83 Å². The maximum absolute atomic E-state index is 11.7. The maximum atomic E-state index is 11.7. The van der Waals surface area contributed by atoms with Gasteiger partial charge in [0.1, 0.15) is 0 Å². The lowest BCUT2D eigenvalue weighted by molar-refractivity contribution is 0.0925. The third-order valence-corrected chi connectivity index (χ3v) is 3.16. The molecule has 0 aliphatic carbocycles. The molecule has 0 bridgehead atoms. The standard InChI is InChI=1S/C15H14N2O4/c18-14(13-7-3-10-20-13)16-8-4-9-17-11-5-1-2-6-12(11)21-15(17)19/h1-3,5-7,10H,4,8-9H2,(H,16,18). The molecule has 3 aromatic rings. The average Bonchev–Trinajstić information content (AvgIpc) is 3.11. The highest BCUT2D eigenvalue weighted by Crippen LogP contribution is 2.11. The van der Waals surface area contributed by atoms with E-state index in [1.807, 2.05) is 18.2 Å². The minimum absolute atomic E-state index is 0.260. The molecule has 0 unspecified atom stereocenters. The van der Waals surface area contributed by atoms with Crippen molar-refractivity contribution in [3.63, 3.8) is 0 Å². The van der Waals surface area contributed by atoms with Gasteiger partial charge in [-0.25, -0.2) is 4.79 Å². The Hall–Kier alpha value is -2.76. The molecule has 0 radical (unpaired) electrons. The number of nitrogens with zero attached hydrogens (tertiary/aromatic N) is 1. The summed E-state index contributed by atoms with van der Waals surface area (Å²) in [5.41, 5.74) is 1.34. The molecule has 6 heteroatoms. The Morgan fingerprint density at radius 1 is 1.19 bits per heavy atom. The van der Waals surface area contributed by atoms with Crippen molar-refractivity contribution >= 4 is 17.0 Å². The van der Waals surface area contributed by atoms with Crippen LogP contribution in [0.4, 0.5) is 0 Å². The van der Waals surface area contributed by atoms with E-state index in [0.29, 0.717) is 25.1 Å². The fourth-order valence-electron chi connectivity index (χ4n) is 2.16. The zero-order valence-electron chi connectivity index (χ0n) is 11.2. The van der Waals surface area contributed by atoms with Crippen molar-refractivity contribution in [2.24, 2.45) is 0 Å². The van der Waals surface area contributed by atoms with E-state index >= 15 is 0 Å². The largest absolute Gasteiger partial charge is 0.459 e. The Morgan fingerprint density at radius 3 is 2.86 bits per heavy atom. The van der Waals surface area contributed by atoms with Gasteiger partial charge in [0.25, 0.3) is 5.91 Å². The highest BCUT2D eigenvalue weighted by atomic mass is 16.4. The Bertz CT molecular complexity index is 799. The molecule has 21 heavy (non-hydrogen) atoms. The highest BCUT2D eigenvalue weighted by Gasteiger charge is 2.09. The second-order valence-corrected chi connectivity index (χ2v) is 4.57. The number of hydrogen-bond acceptors (Lipinski definition) is 4. The Kier molecular flexibility index (Phi) is 3.59. The monoisotopic (exact) mass is 286 g/mol. The molecule has 0 saturated carbocycles. The number of oxazole rings is 1. The summed E-state index contributed by atoms with van der Waals surface area (Å²) in [7, 11) is 0. The van der Waals surface area contributed by atoms with Crippen molar-refractivity contribution in [2.75, 3.05) is 6.54 Å². The summed E-state index contributed by atoms with van der Waals surface area (Å²) < 4.78 is 11.7. The van der Waals surface area contributed by atoms with E-state index < -0.39 is 0 Å². The van der Waals surface area contributed by atoms with Gasteiger partial charge < -0.3 is 14.2 Å². The summed E-state index contributed by atoms with van der Waals surface area (Å²) in [5.74, 6) is -0.362. The first-order valence-electron chi connectivity index (χ1n) is 6.66. The maximum Gasteiger partial charge on any atom is 0.419 e. The number of carbonyl (C=O) groups is 1. The molecule has 0 atom stereocenters. The zero-order chi connectivity index (χ0) is 14.7. The minimum Gasteiger partial charge on any atom is -0.459 e. The first kappa shape index (κ1) is 13.2. The molecule has 0 fully saturated rings. The SMILES string of the molecule is O=C(NCCCn1c(=O)oc2ccccc21)c1ccco1. The summed E-state index contributed by atoms with van der Waals surface area (Å²) in [6, 6.07) is 10.5. The van der Waals surface area contributed by atoms with Gasteiger partial charge in [-0.05, 0) is 30.7 Å². The van der Waals surface area contributed by atoms with Crippen molar-refractivity contribution < 1.29 is 13.6 Å². The molecule has 2 aromatic heterocycles. The Labute approximate surface area is 120 Å². The van der Waals surface area contributed by atoms with Crippen molar-refractivity contribution in [2.45, 2.75) is 13.0 Å². The molecule has 0 aliphatic heterocycles. The number of furan rings is 1. The average molecular weight is 286 g/mol. The molecular weight excluding hydrogens is 272 g/mol. The van der Waals surface area contributed by atoms with Gasteiger partial charge in [0, 0.05) is 13.1 Å². The summed E-state index contributed by atoms with van der Waals surface area (Å²) in [6.07, 6.45) is 2.07. The van der Waals surface area contributed by atoms with Gasteiger partial charge in [-0.3, -0.25) is 9.36 Å². The molecule has 0 aliphatic rings. The predicted octanol–water partition coefficient (Wildman–Crippen LogP) is 2.01. The number of benzene rings is 1. The second kappa shape index (κ2) is 5.70. The van der Waals surface area contributed by atoms with Crippen LogP contribution in [0.3, 0.4) is 0 Å². The third kappa shape index (κ3) is 2.74. The van der Waals surface area contributed by atoms with Crippen LogP contribution in [-0.4, -0.2) is 17.0 Å². The van der Waals surface area contributed by atoms with E-state index in [2.05, 4.69) is 5.32 Å². The molecule has 1 N–H and O–H groups in total. The molecule has 3 rings (SSSR count). The number of rotatable bonds is 5. The lowest BCUT2D eigenvalue weighted by Gasteiger charge is -2.04. The third-order valence-electron chi connectivity index (χ3n) is 3.16. The van der Waals surface area contributed by atoms with Crippen molar-refractivity contribution in [3.8, 4) is 0 Å². The van der Waals surface area contributed by atoms with Gasteiger partial charge >= 0.3 is 5.76 Å². The number of amides is 1. The van der Waals surface area contributed by atoms with E-state index in [0.717, 1.165) is 5.52 Å². The molecular formula is C15H14N2O4. The second-order valence-electron chi connectivity index (χ2n) is 4.57. The minimum atomic E-state index is -0.381. The van der Waals surface area contributed by atoms with Crippen molar-refractivity contribution in [1.29, 1.82) is 0 Å².